The molecule has 0 bridgehead atoms. The van der Waals surface area contributed by atoms with E-state index in [1.165, 1.54) is 29.3 Å². The zero-order valence-electron chi connectivity index (χ0n) is 23.2. The van der Waals surface area contributed by atoms with Crippen LogP contribution in [0.5, 0.6) is 0 Å². The highest BCUT2D eigenvalue weighted by Gasteiger charge is 2.37. The number of amides is 3. The number of alkyl halides is 2. The molecule has 1 atom stereocenters. The second-order valence-electron chi connectivity index (χ2n) is 10.2. The highest BCUT2D eigenvalue weighted by Crippen LogP contribution is 2.35. The summed E-state index contributed by atoms with van der Waals surface area (Å²) in [7, 11) is 0. The zero-order chi connectivity index (χ0) is 31.9. The van der Waals surface area contributed by atoms with Gasteiger partial charge in [-0.2, -0.15) is 5.26 Å². The number of hydrogen-bond acceptors (Lipinski definition) is 6. The molecule has 1 aromatic heterocycles. The Morgan fingerprint density at radius 2 is 1.84 bits per heavy atom. The largest absolute Gasteiger partial charge is 0.351 e. The van der Waals surface area contributed by atoms with Gasteiger partial charge in [0.25, 0.3) is 0 Å². The Kier molecular flexibility index (Phi) is 10.5. The summed E-state index contributed by atoms with van der Waals surface area (Å²) in [6, 6.07) is 10.3. The lowest BCUT2D eigenvalue weighted by Gasteiger charge is -2.33. The van der Waals surface area contributed by atoms with Gasteiger partial charge in [0, 0.05) is 54.7 Å². The maximum absolute atomic E-state index is 13.7. The van der Waals surface area contributed by atoms with Crippen molar-refractivity contribution in [3.05, 3.63) is 82.6 Å². The number of benzene rings is 2. The van der Waals surface area contributed by atoms with Crippen LogP contribution in [0.1, 0.15) is 55.8 Å². The van der Waals surface area contributed by atoms with Crippen LogP contribution >= 0.6 is 11.6 Å². The number of carbonyl (C=O) groups is 3. The normalized spacial score (nSPS) is 16.7. The van der Waals surface area contributed by atoms with Crippen LogP contribution in [-0.2, 0) is 14.4 Å². The lowest BCUT2D eigenvalue weighted by atomic mass is 9.91. The third-order valence-corrected chi connectivity index (χ3v) is 7.47. The molecule has 1 aliphatic carbocycles. The summed E-state index contributed by atoms with van der Waals surface area (Å²) in [4.78, 5) is 46.7. The fourth-order valence-electron chi connectivity index (χ4n) is 4.94. The molecule has 5 rings (SSSR count). The number of aromatic nitrogens is 2. The molecule has 2 aliphatic rings. The van der Waals surface area contributed by atoms with E-state index in [0.29, 0.717) is 25.0 Å². The third kappa shape index (κ3) is 8.08. The molecular weight excluding hydrogens is 604 g/mol. The quantitative estimate of drug-likeness (QED) is 0.272. The minimum absolute atomic E-state index is 0.0279. The van der Waals surface area contributed by atoms with Crippen molar-refractivity contribution in [2.45, 2.75) is 56.5 Å². The number of nitriles is 1. The van der Waals surface area contributed by atoms with E-state index >= 15 is 0 Å². The van der Waals surface area contributed by atoms with Crippen LogP contribution in [-0.4, -0.2) is 46.7 Å². The lowest BCUT2D eigenvalue weighted by molar-refractivity contribution is -0.125. The summed E-state index contributed by atoms with van der Waals surface area (Å²) >= 11 is 6.22. The topological polar surface area (TPSA) is 119 Å². The SMILES string of the molecule is N#Cc1ccnc(N2CCCC2=O)n1.O=CN(c1cc(F)cc(F)c1)C(C(=O)NC1CCC(F)(F)CC1)c1ccccc1Cl. The van der Waals surface area contributed by atoms with Crippen LogP contribution in [0.4, 0.5) is 29.2 Å². The zero-order valence-corrected chi connectivity index (χ0v) is 24.0. The lowest BCUT2D eigenvalue weighted by Crippen LogP contribution is -2.46. The molecule has 1 aliphatic heterocycles. The number of nitrogens with zero attached hydrogens (tertiary/aromatic N) is 5. The average molecular weight is 631 g/mol. The van der Waals surface area contributed by atoms with Crippen molar-refractivity contribution in [1.29, 1.82) is 5.26 Å². The molecule has 2 heterocycles. The van der Waals surface area contributed by atoms with Gasteiger partial charge in [-0.1, -0.05) is 29.8 Å². The molecule has 14 heteroatoms. The van der Waals surface area contributed by atoms with Gasteiger partial charge in [-0.15, -0.1) is 0 Å². The summed E-state index contributed by atoms with van der Waals surface area (Å²) < 4.78 is 54.3. The first kappa shape index (κ1) is 32.3. The predicted molar refractivity (Wildman–Crippen MR) is 153 cm³/mol. The molecule has 0 spiro atoms. The van der Waals surface area contributed by atoms with Gasteiger partial charge in [-0.05, 0) is 43.5 Å². The Labute approximate surface area is 255 Å². The summed E-state index contributed by atoms with van der Waals surface area (Å²) in [5.74, 6) is -4.94. The standard InChI is InChI=1S/C21H19ClF4N2O2.C9H8N4O/c22-18-4-2-1-3-17(18)19(20(30)27-15-5-7-21(25,26)8-6-15)28(12-29)16-10-13(23)9-14(24)11-16;10-6-7-3-4-11-9(12-7)13-5-1-2-8(13)14/h1-4,9-12,15,19H,5-8H2,(H,27,30);3-4H,1-2,5H2. The van der Waals surface area contributed by atoms with Crippen molar-refractivity contribution >= 4 is 41.5 Å². The first-order chi connectivity index (χ1) is 21.0. The smallest absolute Gasteiger partial charge is 0.248 e. The second-order valence-corrected chi connectivity index (χ2v) is 10.6. The van der Waals surface area contributed by atoms with Crippen molar-refractivity contribution in [2.75, 3.05) is 16.3 Å². The van der Waals surface area contributed by atoms with Gasteiger partial charge in [0.2, 0.25) is 30.1 Å². The highest BCUT2D eigenvalue weighted by molar-refractivity contribution is 6.31. The number of nitrogens with one attached hydrogen (secondary N) is 1. The van der Waals surface area contributed by atoms with Gasteiger partial charge in [-0.25, -0.2) is 27.5 Å². The number of halogens is 5. The van der Waals surface area contributed by atoms with Gasteiger partial charge >= 0.3 is 0 Å². The van der Waals surface area contributed by atoms with E-state index < -0.39 is 35.5 Å². The fourth-order valence-corrected chi connectivity index (χ4v) is 5.18. The van der Waals surface area contributed by atoms with Gasteiger partial charge in [0.05, 0.1) is 5.69 Å². The average Bonchev–Trinajstić information content (AvgIpc) is 3.43. The van der Waals surface area contributed by atoms with Crippen molar-refractivity contribution in [1.82, 2.24) is 15.3 Å². The molecule has 9 nitrogen and oxygen atoms in total. The van der Waals surface area contributed by atoms with Crippen molar-refractivity contribution < 1.29 is 31.9 Å². The highest BCUT2D eigenvalue weighted by atomic mass is 35.5. The third-order valence-electron chi connectivity index (χ3n) is 7.12. The molecule has 1 N–H and O–H groups in total. The molecule has 1 saturated carbocycles. The molecule has 230 valence electrons. The van der Waals surface area contributed by atoms with Crippen LogP contribution in [0, 0.1) is 23.0 Å². The molecule has 1 unspecified atom stereocenters. The van der Waals surface area contributed by atoms with E-state index in [0.717, 1.165) is 23.5 Å². The molecule has 3 aromatic rings. The van der Waals surface area contributed by atoms with E-state index in [9.17, 15) is 31.9 Å². The Hall–Kier alpha value is -4.57. The van der Waals surface area contributed by atoms with Crippen LogP contribution < -0.4 is 15.1 Å². The number of carbonyl (C=O) groups excluding carboxylic acids is 3. The molecule has 0 radical (unpaired) electrons. The number of rotatable bonds is 7. The maximum Gasteiger partial charge on any atom is 0.248 e. The minimum Gasteiger partial charge on any atom is -0.351 e. The Morgan fingerprint density at radius 3 is 2.43 bits per heavy atom. The van der Waals surface area contributed by atoms with E-state index in [-0.39, 0.29) is 60.0 Å². The Bertz CT molecular complexity index is 1540. The molecule has 44 heavy (non-hydrogen) atoms. The van der Waals surface area contributed by atoms with Gasteiger partial charge in [-0.3, -0.25) is 24.2 Å². The Balaban J connectivity index is 0.000000262. The summed E-state index contributed by atoms with van der Waals surface area (Å²) in [6.07, 6.45) is 2.57. The second kappa shape index (κ2) is 14.3. The molecule has 3 amide bonds. The van der Waals surface area contributed by atoms with Gasteiger partial charge < -0.3 is 5.32 Å². The monoisotopic (exact) mass is 630 g/mol. The first-order valence-corrected chi connectivity index (χ1v) is 14.0. The summed E-state index contributed by atoms with van der Waals surface area (Å²) in [5, 5.41) is 11.5. The van der Waals surface area contributed by atoms with Crippen molar-refractivity contribution in [2.24, 2.45) is 0 Å². The van der Waals surface area contributed by atoms with Crippen LogP contribution in [0.25, 0.3) is 0 Å². The van der Waals surface area contributed by atoms with Crippen LogP contribution in [0.15, 0.2) is 54.7 Å². The number of anilines is 2. The minimum atomic E-state index is -2.77. The summed E-state index contributed by atoms with van der Waals surface area (Å²) in [5.41, 5.74) is 0.335. The van der Waals surface area contributed by atoms with E-state index in [1.807, 2.05) is 6.07 Å². The van der Waals surface area contributed by atoms with Crippen molar-refractivity contribution in [3.63, 3.8) is 0 Å². The number of hydrogen-bond donors (Lipinski definition) is 1. The summed E-state index contributed by atoms with van der Waals surface area (Å²) in [6.45, 7) is 0.647. The Morgan fingerprint density at radius 1 is 1.16 bits per heavy atom. The molecule has 2 aromatic carbocycles. The molecule has 2 fully saturated rings. The molecule has 1 saturated heterocycles. The maximum atomic E-state index is 13.7. The first-order valence-electron chi connectivity index (χ1n) is 13.7. The van der Waals surface area contributed by atoms with E-state index in [2.05, 4.69) is 15.3 Å². The van der Waals surface area contributed by atoms with Crippen molar-refractivity contribution in [3.8, 4) is 6.07 Å². The van der Waals surface area contributed by atoms with E-state index in [4.69, 9.17) is 16.9 Å². The van der Waals surface area contributed by atoms with Gasteiger partial charge in [0.15, 0.2) is 0 Å². The molecular formula is C30H27ClF4N6O3. The predicted octanol–water partition coefficient (Wildman–Crippen LogP) is 5.49. The fraction of sp³-hybridized carbons (Fsp3) is 0.333. The van der Waals surface area contributed by atoms with Crippen LogP contribution in [0.3, 0.4) is 0 Å². The van der Waals surface area contributed by atoms with Crippen LogP contribution in [0.2, 0.25) is 5.02 Å². The van der Waals surface area contributed by atoms with E-state index in [1.54, 1.807) is 12.1 Å². The van der Waals surface area contributed by atoms with Gasteiger partial charge in [0.1, 0.15) is 29.4 Å².